The van der Waals surface area contributed by atoms with Gasteiger partial charge in [-0.3, -0.25) is 4.79 Å². The molecule has 1 rings (SSSR count). The molecule has 0 aliphatic heterocycles. The van der Waals surface area contributed by atoms with E-state index >= 15 is 0 Å². The number of carbonyl (C=O) groups excluding carboxylic acids is 1. The summed E-state index contributed by atoms with van der Waals surface area (Å²) in [5.74, 6) is 4.11. The second-order valence-electron chi connectivity index (χ2n) is 9.68. The van der Waals surface area contributed by atoms with E-state index in [-0.39, 0.29) is 5.97 Å². The van der Waals surface area contributed by atoms with Gasteiger partial charge >= 0.3 is 5.97 Å². The maximum Gasteiger partial charge on any atom is 0.311 e. The van der Waals surface area contributed by atoms with Crippen LogP contribution in [0.4, 0.5) is 0 Å². The summed E-state index contributed by atoms with van der Waals surface area (Å²) < 4.78 is 5.86. The first kappa shape index (κ1) is 36.5. The predicted octanol–water partition coefficient (Wildman–Crippen LogP) is 10.3. The van der Waals surface area contributed by atoms with Crippen molar-refractivity contribution in [1.82, 2.24) is 0 Å². The SMILES string of the molecule is [CH2-]CSCc1cc(C)c(OC(=O)CCCCCCCCCCCCCCCCC)c(CSC[CH2-])c1.[Rf].[Rf]. The molecule has 0 atom stereocenters. The van der Waals surface area contributed by atoms with Crippen LogP contribution in [0.2, 0.25) is 0 Å². The fraction of sp³-hybridized carbons (Fsp3) is 0.710. The van der Waals surface area contributed by atoms with Crippen LogP contribution in [-0.4, -0.2) is 17.5 Å². The summed E-state index contributed by atoms with van der Waals surface area (Å²) in [6.45, 7) is 12.2. The summed E-state index contributed by atoms with van der Waals surface area (Å²) in [5, 5.41) is 0. The number of thioether (sulfide) groups is 2. The van der Waals surface area contributed by atoms with E-state index in [0.717, 1.165) is 52.7 Å². The van der Waals surface area contributed by atoms with E-state index in [1.165, 1.54) is 89.0 Å². The van der Waals surface area contributed by atoms with E-state index < -0.39 is 0 Å². The Balaban J connectivity index is 0. The van der Waals surface area contributed by atoms with Crippen molar-refractivity contribution in [3.63, 3.8) is 0 Å². The van der Waals surface area contributed by atoms with E-state index in [2.05, 4.69) is 32.9 Å². The standard InChI is InChI=1S/C31H52O2S2.2Rf/c1-5-8-9-10-11-12-13-14-15-16-17-18-19-20-21-22-30(32)33-31-27(4)23-28(25-34-6-2)24-29(31)26-35-7-3;;/h23-24H,2-3,5-22,25-26H2,1,4H3;;/q-2;;. The van der Waals surface area contributed by atoms with Crippen LogP contribution in [0.1, 0.15) is 126 Å². The van der Waals surface area contributed by atoms with Crippen LogP contribution < -0.4 is 4.74 Å². The monoisotopic (exact) mass is 1050 g/mol. The van der Waals surface area contributed by atoms with Crippen molar-refractivity contribution in [3.05, 3.63) is 42.7 Å². The molecule has 0 aromatic heterocycles. The van der Waals surface area contributed by atoms with Crippen molar-refractivity contribution in [2.75, 3.05) is 11.5 Å². The minimum atomic E-state index is -0.0939. The summed E-state index contributed by atoms with van der Waals surface area (Å²) in [6.07, 6.45) is 20.5. The van der Waals surface area contributed by atoms with Gasteiger partial charge in [-0.25, -0.2) is 0 Å². The molecule has 37 heavy (non-hydrogen) atoms. The number of benzene rings is 1. The molecule has 0 saturated heterocycles. The van der Waals surface area contributed by atoms with Crippen LogP contribution in [0.15, 0.2) is 12.1 Å². The minimum Gasteiger partial charge on any atom is -0.426 e. The zero-order valence-corrected chi connectivity index (χ0v) is 38.7. The van der Waals surface area contributed by atoms with Gasteiger partial charge in [0.15, 0.2) is 0 Å². The number of hydrogen-bond acceptors (Lipinski definition) is 4. The van der Waals surface area contributed by atoms with Crippen molar-refractivity contribution >= 4 is 29.5 Å². The maximum atomic E-state index is 12.5. The quantitative estimate of drug-likeness (QED) is 0.0472. The molecule has 2 nitrogen and oxygen atoms in total. The zero-order valence-electron chi connectivity index (χ0n) is 24.3. The number of hydrogen-bond donors (Lipinski definition) is 0. The molecule has 0 fully saturated rings. The fourth-order valence-electron chi connectivity index (χ4n) is 4.44. The topological polar surface area (TPSA) is 26.3 Å². The van der Waals surface area contributed by atoms with Crippen LogP contribution in [0.5, 0.6) is 5.75 Å². The Morgan fingerprint density at radius 3 is 1.68 bits per heavy atom. The molecule has 6 heteroatoms. The van der Waals surface area contributed by atoms with Gasteiger partial charge in [-0.05, 0) is 24.5 Å². The van der Waals surface area contributed by atoms with Gasteiger partial charge in [-0.15, -0.1) is 11.5 Å². The van der Waals surface area contributed by atoms with E-state index in [0.29, 0.717) is 6.42 Å². The molecule has 0 aliphatic rings. The number of unbranched alkanes of at least 4 members (excludes halogenated alkanes) is 14. The van der Waals surface area contributed by atoms with Crippen molar-refractivity contribution in [1.29, 1.82) is 0 Å². The summed E-state index contributed by atoms with van der Waals surface area (Å²) in [7, 11) is 0. The van der Waals surface area contributed by atoms with Crippen LogP contribution in [0.3, 0.4) is 0 Å². The number of esters is 1. The van der Waals surface area contributed by atoms with Crippen molar-refractivity contribution in [2.45, 2.75) is 128 Å². The predicted molar refractivity (Wildman–Crippen MR) is 159 cm³/mol. The largest absolute Gasteiger partial charge is 0.426 e. The smallest absolute Gasteiger partial charge is 0.311 e. The molecule has 0 bridgehead atoms. The zero-order chi connectivity index (χ0) is 25.6. The molecule has 0 heterocycles. The Morgan fingerprint density at radius 2 is 1.19 bits per heavy atom. The van der Waals surface area contributed by atoms with Gasteiger partial charge in [-0.1, -0.05) is 109 Å². The third-order valence-electron chi connectivity index (χ3n) is 6.43. The second kappa shape index (κ2) is 25.1. The Kier molecular flexibility index (Phi) is 24.7. The van der Waals surface area contributed by atoms with E-state index in [9.17, 15) is 4.79 Å². The molecule has 0 saturated carbocycles. The van der Waals surface area contributed by atoms with Crippen molar-refractivity contribution in [3.8, 4) is 5.75 Å². The summed E-state index contributed by atoms with van der Waals surface area (Å²) >= 11 is 3.57. The van der Waals surface area contributed by atoms with Crippen LogP contribution in [0, 0.1) is 20.8 Å². The summed E-state index contributed by atoms with van der Waals surface area (Å²) in [6, 6.07) is 4.34. The molecule has 0 N–H and O–H groups in total. The Morgan fingerprint density at radius 1 is 0.730 bits per heavy atom. The van der Waals surface area contributed by atoms with Crippen LogP contribution >= 0.6 is 23.5 Å². The molecular formula is C31H52O2Rf2S2-2. The molecule has 1 aromatic rings. The molecule has 0 spiro atoms. The van der Waals surface area contributed by atoms with E-state index in [4.69, 9.17) is 4.74 Å². The van der Waals surface area contributed by atoms with Crippen molar-refractivity contribution in [2.24, 2.45) is 0 Å². The number of aryl methyl sites for hydroxylation is 1. The Bertz CT molecular complexity index is 671. The third-order valence-corrected chi connectivity index (χ3v) is 8.06. The first-order chi connectivity index (χ1) is 17.1. The van der Waals surface area contributed by atoms with Crippen molar-refractivity contribution < 1.29 is 9.53 Å². The second-order valence-corrected chi connectivity index (χ2v) is 11.9. The van der Waals surface area contributed by atoms with Gasteiger partial charge in [0.1, 0.15) is 5.75 Å². The van der Waals surface area contributed by atoms with E-state index in [1.54, 1.807) is 11.8 Å². The van der Waals surface area contributed by atoms with Gasteiger partial charge in [0.25, 0.3) is 0 Å². The fourth-order valence-corrected chi connectivity index (χ4v) is 5.57. The van der Waals surface area contributed by atoms with Gasteiger partial charge < -0.3 is 18.6 Å². The molecule has 0 radical (unpaired) electrons. The number of ether oxygens (including phenoxy) is 1. The summed E-state index contributed by atoms with van der Waals surface area (Å²) in [4.78, 5) is 12.5. The van der Waals surface area contributed by atoms with Gasteiger partial charge in [-0.2, -0.15) is 23.5 Å². The first-order valence-electron chi connectivity index (χ1n) is 14.2. The van der Waals surface area contributed by atoms with Gasteiger partial charge in [0.05, 0.1) is 0 Å². The average Bonchev–Trinajstić information content (AvgIpc) is 2.85. The average molecular weight is 1050 g/mol. The first-order valence-corrected chi connectivity index (χ1v) is 16.5. The Hall–Kier alpha value is -2.61. The normalized spacial score (nSPS) is 10.6. The molecule has 0 aliphatic carbocycles. The number of rotatable bonds is 23. The van der Waals surface area contributed by atoms with Gasteiger partial charge in [0.2, 0.25) is 0 Å². The maximum absolute atomic E-state index is 12.5. The molecular weight excluding hydrogens is 1000 g/mol. The molecule has 1 aromatic carbocycles. The molecule has 0 amide bonds. The number of carbonyl (C=O) groups is 1. The summed E-state index contributed by atoms with van der Waals surface area (Å²) in [5.41, 5.74) is 3.44. The molecule has 206 valence electrons. The van der Waals surface area contributed by atoms with E-state index in [1.807, 2.05) is 18.7 Å². The third kappa shape index (κ3) is 18.3. The van der Waals surface area contributed by atoms with Crippen LogP contribution in [0.25, 0.3) is 0 Å². The minimum absolute atomic E-state index is 0. The molecule has 0 unspecified atom stereocenters. The van der Waals surface area contributed by atoms with Crippen LogP contribution in [-0.2, 0) is 16.3 Å². The Labute approximate surface area is 226 Å². The van der Waals surface area contributed by atoms with Gasteiger partial charge in [0, 0.05) is 23.5 Å².